The Hall–Kier alpha value is -2.27. The maximum atomic E-state index is 13.2. The lowest BCUT2D eigenvalue weighted by atomic mass is 9.81. The Balaban J connectivity index is 2.07. The van der Waals surface area contributed by atoms with Gasteiger partial charge in [0.1, 0.15) is 6.04 Å². The number of H-pyrrole nitrogens is 1. The van der Waals surface area contributed by atoms with Gasteiger partial charge in [-0.25, -0.2) is 0 Å². The van der Waals surface area contributed by atoms with Crippen molar-refractivity contribution >= 4 is 22.5 Å². The molecule has 3 N–H and O–H groups in total. The second-order valence-electron chi connectivity index (χ2n) is 9.66. The van der Waals surface area contributed by atoms with Crippen LogP contribution >= 0.6 is 0 Å². The zero-order chi connectivity index (χ0) is 21.1. The van der Waals surface area contributed by atoms with E-state index in [1.54, 1.807) is 0 Å². The third-order valence-electron chi connectivity index (χ3n) is 6.78. The molecule has 0 unspecified atom stereocenters. The highest BCUT2D eigenvalue weighted by Crippen LogP contribution is 2.46. The number of hydrogen-bond acceptors (Lipinski definition) is 3. The highest BCUT2D eigenvalue weighted by atomic mass is 16.3. The van der Waals surface area contributed by atoms with Gasteiger partial charge in [-0.15, -0.1) is 6.58 Å². The van der Waals surface area contributed by atoms with Crippen molar-refractivity contribution in [2.75, 3.05) is 11.5 Å². The summed E-state index contributed by atoms with van der Waals surface area (Å²) in [6.07, 6.45) is 5.59. The zero-order valence-corrected chi connectivity index (χ0v) is 18.2. The summed E-state index contributed by atoms with van der Waals surface area (Å²) in [5.41, 5.74) is 5.84. The summed E-state index contributed by atoms with van der Waals surface area (Å²) in [6, 6.07) is 2.00. The number of carbonyl (C=O) groups is 1. The van der Waals surface area contributed by atoms with Crippen molar-refractivity contribution < 1.29 is 9.90 Å². The van der Waals surface area contributed by atoms with E-state index < -0.39 is 0 Å². The summed E-state index contributed by atoms with van der Waals surface area (Å²) in [5, 5.41) is 14.3. The van der Waals surface area contributed by atoms with Crippen molar-refractivity contribution in [1.82, 2.24) is 10.3 Å². The molecule has 156 valence electrons. The number of benzene rings is 1. The Morgan fingerprint density at radius 2 is 2.07 bits per heavy atom. The van der Waals surface area contributed by atoms with Crippen molar-refractivity contribution in [3.05, 3.63) is 41.6 Å². The van der Waals surface area contributed by atoms with Crippen molar-refractivity contribution in [2.45, 2.75) is 71.0 Å². The zero-order valence-electron chi connectivity index (χ0n) is 18.2. The first-order chi connectivity index (χ1) is 13.7. The Kier molecular flexibility index (Phi) is 4.77. The van der Waals surface area contributed by atoms with Crippen LogP contribution in [0.15, 0.2) is 24.9 Å². The Labute approximate surface area is 173 Å². The molecule has 29 heavy (non-hydrogen) atoms. The van der Waals surface area contributed by atoms with Crippen LogP contribution in [0.2, 0.25) is 0 Å². The average Bonchev–Trinajstić information content (AvgIpc) is 3.21. The number of nitrogens with one attached hydrogen (secondary N) is 2. The number of carbonyl (C=O) groups excluding carboxylic acids is 1. The van der Waals surface area contributed by atoms with E-state index in [4.69, 9.17) is 0 Å². The first-order valence-electron chi connectivity index (χ1n) is 10.7. The second-order valence-corrected chi connectivity index (χ2v) is 9.66. The minimum Gasteiger partial charge on any atom is -0.394 e. The smallest absolute Gasteiger partial charge is 0.243 e. The number of hydrogen-bond donors (Lipinski definition) is 3. The van der Waals surface area contributed by atoms with E-state index in [1.165, 1.54) is 22.2 Å². The monoisotopic (exact) mass is 395 g/mol. The van der Waals surface area contributed by atoms with E-state index in [2.05, 4.69) is 68.7 Å². The van der Waals surface area contributed by atoms with E-state index in [0.717, 1.165) is 17.5 Å². The van der Waals surface area contributed by atoms with Crippen molar-refractivity contribution in [3.8, 4) is 0 Å². The van der Waals surface area contributed by atoms with E-state index >= 15 is 0 Å². The van der Waals surface area contributed by atoms with E-state index in [-0.39, 0.29) is 42.0 Å². The molecule has 4 rings (SSSR count). The SMILES string of the molecule is C=CC(C)(C)c1cc2c3c4c(c[nH]c14)C[C@@H](CO)NC(=O)[C@H](C(C)C)N3[C@H](C)C2. The molecule has 2 aliphatic heterocycles. The van der Waals surface area contributed by atoms with Gasteiger partial charge in [0.15, 0.2) is 0 Å². The van der Waals surface area contributed by atoms with Crippen LogP contribution in [0.25, 0.3) is 10.9 Å². The van der Waals surface area contributed by atoms with E-state index in [0.29, 0.717) is 6.42 Å². The number of rotatable bonds is 4. The van der Waals surface area contributed by atoms with Crippen LogP contribution in [0, 0.1) is 5.92 Å². The number of aliphatic hydroxyl groups is 1. The normalized spacial score (nSPS) is 24.4. The van der Waals surface area contributed by atoms with Crippen LogP contribution in [0.1, 0.15) is 51.3 Å². The molecule has 5 heteroatoms. The molecular weight excluding hydrogens is 362 g/mol. The minimum absolute atomic E-state index is 0.0107. The number of nitrogens with zero attached hydrogens (tertiary/aromatic N) is 1. The number of amides is 1. The molecule has 2 aromatic rings. The molecule has 3 atom stereocenters. The van der Waals surface area contributed by atoms with Crippen molar-refractivity contribution in [1.29, 1.82) is 0 Å². The molecule has 1 amide bonds. The van der Waals surface area contributed by atoms with Gasteiger partial charge in [0.05, 0.1) is 23.9 Å². The molecule has 0 bridgehead atoms. The van der Waals surface area contributed by atoms with Gasteiger partial charge in [-0.05, 0) is 42.4 Å². The van der Waals surface area contributed by atoms with Crippen LogP contribution in [-0.4, -0.2) is 40.7 Å². The van der Waals surface area contributed by atoms with Crippen LogP contribution in [0.4, 0.5) is 5.69 Å². The first-order valence-corrected chi connectivity index (χ1v) is 10.7. The standard InChI is InChI=1S/C24H33N3O2/c1-7-24(5,6)18-10-15-8-14(4)27-21(13(2)3)23(29)26-17(12-28)9-16-11-25-20(18)19(16)22(15)27/h7,10-11,13-14,17,21,25,28H,1,8-9,12H2,2-6H3,(H,26,29)/t14-,17+,21+/m1/s1. The molecule has 5 nitrogen and oxygen atoms in total. The number of aromatic amines is 1. The minimum atomic E-state index is -0.287. The summed E-state index contributed by atoms with van der Waals surface area (Å²) in [6.45, 7) is 14.8. The van der Waals surface area contributed by atoms with Gasteiger partial charge in [0.2, 0.25) is 5.91 Å². The molecule has 0 radical (unpaired) electrons. The average molecular weight is 396 g/mol. The third-order valence-corrected chi connectivity index (χ3v) is 6.78. The molecule has 0 saturated carbocycles. The lowest BCUT2D eigenvalue weighted by molar-refractivity contribution is -0.124. The highest BCUT2D eigenvalue weighted by molar-refractivity contribution is 6.03. The Morgan fingerprint density at radius 1 is 1.34 bits per heavy atom. The molecule has 0 fully saturated rings. The topological polar surface area (TPSA) is 68.4 Å². The quantitative estimate of drug-likeness (QED) is 0.695. The fraction of sp³-hybridized carbons (Fsp3) is 0.542. The Bertz CT molecular complexity index is 972. The summed E-state index contributed by atoms with van der Waals surface area (Å²) in [5.74, 6) is 0.166. The van der Waals surface area contributed by atoms with Gasteiger partial charge >= 0.3 is 0 Å². The Morgan fingerprint density at radius 3 is 2.69 bits per heavy atom. The molecule has 0 saturated heterocycles. The summed E-state index contributed by atoms with van der Waals surface area (Å²) in [7, 11) is 0. The van der Waals surface area contributed by atoms with Crippen LogP contribution in [-0.2, 0) is 23.1 Å². The summed E-state index contributed by atoms with van der Waals surface area (Å²) >= 11 is 0. The lowest BCUT2D eigenvalue weighted by Crippen LogP contribution is -2.54. The largest absolute Gasteiger partial charge is 0.394 e. The van der Waals surface area contributed by atoms with Crippen molar-refractivity contribution in [2.24, 2.45) is 5.92 Å². The van der Waals surface area contributed by atoms with Gasteiger partial charge in [0, 0.05) is 23.0 Å². The summed E-state index contributed by atoms with van der Waals surface area (Å²) in [4.78, 5) is 19.1. The predicted molar refractivity (Wildman–Crippen MR) is 119 cm³/mol. The maximum Gasteiger partial charge on any atom is 0.243 e. The molecule has 0 spiro atoms. The van der Waals surface area contributed by atoms with Crippen molar-refractivity contribution in [3.63, 3.8) is 0 Å². The number of allylic oxidation sites excluding steroid dienone is 1. The molecular formula is C24H33N3O2. The van der Waals surface area contributed by atoms with E-state index in [1.807, 2.05) is 6.08 Å². The van der Waals surface area contributed by atoms with Gasteiger partial charge < -0.3 is 20.3 Å². The number of anilines is 1. The van der Waals surface area contributed by atoms with Gasteiger partial charge in [-0.2, -0.15) is 0 Å². The fourth-order valence-corrected chi connectivity index (χ4v) is 5.17. The number of aliphatic hydroxyl groups excluding tert-OH is 1. The number of aromatic nitrogens is 1. The third kappa shape index (κ3) is 2.98. The molecule has 1 aromatic heterocycles. The first kappa shape index (κ1) is 20.0. The lowest BCUT2D eigenvalue weighted by Gasteiger charge is -2.36. The molecule has 1 aromatic carbocycles. The highest BCUT2D eigenvalue weighted by Gasteiger charge is 2.41. The summed E-state index contributed by atoms with van der Waals surface area (Å²) < 4.78 is 0. The van der Waals surface area contributed by atoms with Gasteiger partial charge in [-0.1, -0.05) is 39.8 Å². The van der Waals surface area contributed by atoms with Crippen LogP contribution in [0.3, 0.4) is 0 Å². The molecule has 2 aliphatic rings. The van der Waals surface area contributed by atoms with Crippen LogP contribution < -0.4 is 10.2 Å². The second kappa shape index (κ2) is 6.91. The molecule has 0 aliphatic carbocycles. The van der Waals surface area contributed by atoms with Gasteiger partial charge in [0.25, 0.3) is 0 Å². The van der Waals surface area contributed by atoms with Gasteiger partial charge in [-0.3, -0.25) is 4.79 Å². The van der Waals surface area contributed by atoms with E-state index in [9.17, 15) is 9.90 Å². The fourth-order valence-electron chi connectivity index (χ4n) is 5.17. The predicted octanol–water partition coefficient (Wildman–Crippen LogP) is 3.44. The van der Waals surface area contributed by atoms with Crippen LogP contribution in [0.5, 0.6) is 0 Å². The maximum absolute atomic E-state index is 13.2. The molecule has 3 heterocycles.